The largest absolute Gasteiger partial charge is 0.301 e. The van der Waals surface area contributed by atoms with Crippen molar-refractivity contribution in [2.45, 2.75) is 50.8 Å². The van der Waals surface area contributed by atoms with Crippen LogP contribution in [0, 0.1) is 0 Å². The van der Waals surface area contributed by atoms with Crippen LogP contribution in [0.15, 0.2) is 0 Å². The van der Waals surface area contributed by atoms with Gasteiger partial charge in [0.05, 0.1) is 11.1 Å². The predicted molar refractivity (Wildman–Crippen MR) is 54.3 cm³/mol. The Labute approximate surface area is 80.8 Å². The molecule has 0 radical (unpaired) electrons. The Morgan fingerprint density at radius 3 is 2.31 bits per heavy atom. The SMILES string of the molecule is CC(C)NCS(=O)(=O)C1CCCC1. The number of sulfone groups is 1. The van der Waals surface area contributed by atoms with Gasteiger partial charge in [-0.25, -0.2) is 8.42 Å². The molecule has 0 aromatic heterocycles. The summed E-state index contributed by atoms with van der Waals surface area (Å²) in [6, 6.07) is 0.246. The van der Waals surface area contributed by atoms with Crippen LogP contribution in [0.3, 0.4) is 0 Å². The molecule has 0 spiro atoms. The zero-order chi connectivity index (χ0) is 9.90. The van der Waals surface area contributed by atoms with E-state index in [-0.39, 0.29) is 17.2 Å². The lowest BCUT2D eigenvalue weighted by molar-refractivity contribution is 0.559. The molecule has 1 aliphatic rings. The summed E-state index contributed by atoms with van der Waals surface area (Å²) in [4.78, 5) is 0. The Morgan fingerprint density at radius 1 is 1.31 bits per heavy atom. The monoisotopic (exact) mass is 205 g/mol. The van der Waals surface area contributed by atoms with Crippen molar-refractivity contribution in [3.05, 3.63) is 0 Å². The average Bonchev–Trinajstić information content (AvgIpc) is 2.53. The van der Waals surface area contributed by atoms with Gasteiger partial charge in [0.1, 0.15) is 0 Å². The molecule has 0 aliphatic heterocycles. The van der Waals surface area contributed by atoms with E-state index in [0.717, 1.165) is 25.7 Å². The summed E-state index contributed by atoms with van der Waals surface area (Å²) < 4.78 is 23.3. The van der Waals surface area contributed by atoms with Gasteiger partial charge < -0.3 is 5.32 Å². The van der Waals surface area contributed by atoms with Gasteiger partial charge in [0, 0.05) is 6.04 Å². The van der Waals surface area contributed by atoms with Crippen LogP contribution in [0.4, 0.5) is 0 Å². The zero-order valence-corrected chi connectivity index (χ0v) is 9.23. The second-order valence-electron chi connectivity index (χ2n) is 4.07. The van der Waals surface area contributed by atoms with E-state index in [1.807, 2.05) is 13.8 Å². The number of rotatable bonds is 4. The molecular weight excluding hydrogens is 186 g/mol. The van der Waals surface area contributed by atoms with Gasteiger partial charge in [-0.1, -0.05) is 26.7 Å². The highest BCUT2D eigenvalue weighted by molar-refractivity contribution is 7.91. The summed E-state index contributed by atoms with van der Waals surface area (Å²) in [6.45, 7) is 3.92. The summed E-state index contributed by atoms with van der Waals surface area (Å²) >= 11 is 0. The molecule has 4 heteroatoms. The third kappa shape index (κ3) is 3.27. The topological polar surface area (TPSA) is 46.2 Å². The molecule has 1 fully saturated rings. The lowest BCUT2D eigenvalue weighted by Crippen LogP contribution is -2.34. The normalized spacial score (nSPS) is 19.9. The summed E-state index contributed by atoms with van der Waals surface area (Å²) in [5, 5.41) is 2.90. The minimum atomic E-state index is -2.87. The Bertz CT molecular complexity index is 240. The van der Waals surface area contributed by atoms with Crippen LogP contribution in [-0.4, -0.2) is 25.6 Å². The van der Waals surface area contributed by atoms with Crippen LogP contribution < -0.4 is 5.32 Å². The van der Waals surface area contributed by atoms with E-state index in [4.69, 9.17) is 0 Å². The lowest BCUT2D eigenvalue weighted by Gasteiger charge is -2.13. The quantitative estimate of drug-likeness (QED) is 0.752. The van der Waals surface area contributed by atoms with Gasteiger partial charge in [-0.2, -0.15) is 0 Å². The van der Waals surface area contributed by atoms with Crippen molar-refractivity contribution in [3.63, 3.8) is 0 Å². The van der Waals surface area contributed by atoms with Crippen molar-refractivity contribution in [2.75, 3.05) is 5.88 Å². The first-order valence-electron chi connectivity index (χ1n) is 4.97. The molecule has 0 bridgehead atoms. The molecule has 1 saturated carbocycles. The van der Waals surface area contributed by atoms with E-state index < -0.39 is 9.84 Å². The first-order chi connectivity index (χ1) is 6.02. The zero-order valence-electron chi connectivity index (χ0n) is 8.41. The second-order valence-corrected chi connectivity index (χ2v) is 6.35. The molecule has 1 N–H and O–H groups in total. The van der Waals surface area contributed by atoms with Crippen LogP contribution in [0.25, 0.3) is 0 Å². The fourth-order valence-electron chi connectivity index (χ4n) is 1.65. The highest BCUT2D eigenvalue weighted by atomic mass is 32.2. The van der Waals surface area contributed by atoms with Gasteiger partial charge in [0.2, 0.25) is 0 Å². The molecule has 0 aromatic carbocycles. The molecule has 0 unspecified atom stereocenters. The molecule has 0 saturated heterocycles. The molecule has 0 amide bonds. The maximum atomic E-state index is 11.7. The van der Waals surface area contributed by atoms with E-state index in [2.05, 4.69) is 5.32 Å². The Balaban J connectivity index is 2.45. The molecule has 13 heavy (non-hydrogen) atoms. The Morgan fingerprint density at radius 2 is 1.85 bits per heavy atom. The molecule has 0 aromatic rings. The fraction of sp³-hybridized carbons (Fsp3) is 1.00. The molecular formula is C9H19NO2S. The van der Waals surface area contributed by atoms with E-state index in [1.54, 1.807) is 0 Å². The van der Waals surface area contributed by atoms with Crippen molar-refractivity contribution < 1.29 is 8.42 Å². The van der Waals surface area contributed by atoms with Gasteiger partial charge >= 0.3 is 0 Å². The molecule has 1 aliphatic carbocycles. The first-order valence-corrected chi connectivity index (χ1v) is 6.69. The fourth-order valence-corrected chi connectivity index (χ4v) is 3.50. The van der Waals surface area contributed by atoms with Crippen LogP contribution in [0.2, 0.25) is 0 Å². The average molecular weight is 205 g/mol. The number of hydrogen-bond donors (Lipinski definition) is 1. The van der Waals surface area contributed by atoms with E-state index in [9.17, 15) is 8.42 Å². The van der Waals surface area contributed by atoms with E-state index >= 15 is 0 Å². The highest BCUT2D eigenvalue weighted by Crippen LogP contribution is 2.24. The van der Waals surface area contributed by atoms with Crippen molar-refractivity contribution in [1.29, 1.82) is 0 Å². The lowest BCUT2D eigenvalue weighted by atomic mass is 10.4. The van der Waals surface area contributed by atoms with Crippen LogP contribution in [0.5, 0.6) is 0 Å². The molecule has 78 valence electrons. The standard InChI is InChI=1S/C9H19NO2S/c1-8(2)10-7-13(11,12)9-5-3-4-6-9/h8-10H,3-7H2,1-2H3. The first kappa shape index (κ1) is 11.0. The van der Waals surface area contributed by atoms with Crippen molar-refractivity contribution >= 4 is 9.84 Å². The molecule has 0 atom stereocenters. The minimum Gasteiger partial charge on any atom is -0.301 e. The van der Waals surface area contributed by atoms with E-state index in [0.29, 0.717) is 0 Å². The smallest absolute Gasteiger partial charge is 0.166 e. The molecule has 3 nitrogen and oxygen atoms in total. The third-order valence-corrected chi connectivity index (χ3v) is 4.56. The number of hydrogen-bond acceptors (Lipinski definition) is 3. The van der Waals surface area contributed by atoms with Crippen LogP contribution in [0.1, 0.15) is 39.5 Å². The van der Waals surface area contributed by atoms with Crippen LogP contribution in [-0.2, 0) is 9.84 Å². The third-order valence-electron chi connectivity index (χ3n) is 2.50. The predicted octanol–water partition coefficient (Wildman–Crippen LogP) is 1.30. The van der Waals surface area contributed by atoms with Crippen molar-refractivity contribution in [1.82, 2.24) is 5.32 Å². The van der Waals surface area contributed by atoms with Gasteiger partial charge in [-0.15, -0.1) is 0 Å². The maximum absolute atomic E-state index is 11.7. The van der Waals surface area contributed by atoms with Gasteiger partial charge in [0.25, 0.3) is 0 Å². The summed E-state index contributed by atoms with van der Waals surface area (Å²) in [7, 11) is -2.87. The summed E-state index contributed by atoms with van der Waals surface area (Å²) in [6.07, 6.45) is 3.88. The Hall–Kier alpha value is -0.0900. The van der Waals surface area contributed by atoms with Crippen molar-refractivity contribution in [2.24, 2.45) is 0 Å². The van der Waals surface area contributed by atoms with E-state index in [1.165, 1.54) is 0 Å². The summed E-state index contributed by atoms with van der Waals surface area (Å²) in [5.74, 6) is 0.148. The van der Waals surface area contributed by atoms with Gasteiger partial charge in [-0.05, 0) is 12.8 Å². The minimum absolute atomic E-state index is 0.0706. The molecule has 1 rings (SSSR count). The van der Waals surface area contributed by atoms with Gasteiger partial charge in [0.15, 0.2) is 9.84 Å². The number of nitrogens with one attached hydrogen (secondary N) is 1. The summed E-state index contributed by atoms with van der Waals surface area (Å²) in [5.41, 5.74) is 0. The maximum Gasteiger partial charge on any atom is 0.166 e. The molecule has 0 heterocycles. The van der Waals surface area contributed by atoms with Crippen molar-refractivity contribution in [3.8, 4) is 0 Å². The Kier molecular flexibility index (Phi) is 3.74. The second kappa shape index (κ2) is 4.42. The van der Waals surface area contributed by atoms with Crippen LogP contribution >= 0.6 is 0 Å². The highest BCUT2D eigenvalue weighted by Gasteiger charge is 2.28. The van der Waals surface area contributed by atoms with Gasteiger partial charge in [-0.3, -0.25) is 0 Å².